The molecular weight excluding hydrogens is 258 g/mol. The highest BCUT2D eigenvalue weighted by molar-refractivity contribution is 5.86. The minimum atomic E-state index is -0.0979. The molecule has 2 atom stereocenters. The summed E-state index contributed by atoms with van der Waals surface area (Å²) in [6.45, 7) is 6.37. The maximum Gasteiger partial charge on any atom is 0.0849 e. The number of hydrogen-bond donors (Lipinski definition) is 1. The zero-order valence-corrected chi connectivity index (χ0v) is 13.1. The molecule has 1 aliphatic heterocycles. The molecule has 0 spiro atoms. The smallest absolute Gasteiger partial charge is 0.0849 e. The summed E-state index contributed by atoms with van der Waals surface area (Å²) in [4.78, 5) is 0. The van der Waals surface area contributed by atoms with Crippen molar-refractivity contribution in [2.75, 3.05) is 13.2 Å². The topological polar surface area (TPSA) is 21.3 Å². The predicted molar refractivity (Wildman–Crippen MR) is 88.6 cm³/mol. The summed E-state index contributed by atoms with van der Waals surface area (Å²) in [5.41, 5.74) is 1.27. The maximum absolute atomic E-state index is 6.14. The van der Waals surface area contributed by atoms with Crippen molar-refractivity contribution in [3.8, 4) is 0 Å². The van der Waals surface area contributed by atoms with Gasteiger partial charge in [-0.15, -0.1) is 0 Å². The van der Waals surface area contributed by atoms with Crippen LogP contribution in [0, 0.1) is 0 Å². The molecule has 1 aliphatic rings. The van der Waals surface area contributed by atoms with E-state index < -0.39 is 0 Å². The van der Waals surface area contributed by atoms with Crippen LogP contribution in [-0.2, 0) is 4.74 Å². The van der Waals surface area contributed by atoms with Gasteiger partial charge in [0.25, 0.3) is 0 Å². The van der Waals surface area contributed by atoms with Gasteiger partial charge in [0.15, 0.2) is 0 Å². The lowest BCUT2D eigenvalue weighted by molar-refractivity contribution is -0.0120. The predicted octanol–water partition coefficient (Wildman–Crippen LogP) is 4.45. The first-order chi connectivity index (χ1) is 10.2. The molecule has 2 heteroatoms. The molecule has 1 fully saturated rings. The molecule has 1 heterocycles. The van der Waals surface area contributed by atoms with Gasteiger partial charge in [0.05, 0.1) is 11.6 Å². The zero-order chi connectivity index (χ0) is 14.7. The Balaban J connectivity index is 2.05. The fraction of sp³-hybridized carbons (Fsp3) is 0.474. The van der Waals surface area contributed by atoms with Gasteiger partial charge in [0.2, 0.25) is 0 Å². The van der Waals surface area contributed by atoms with Crippen LogP contribution in [0.1, 0.15) is 44.7 Å². The van der Waals surface area contributed by atoms with Crippen LogP contribution >= 0.6 is 0 Å². The van der Waals surface area contributed by atoms with Crippen LogP contribution in [0.4, 0.5) is 0 Å². The molecule has 1 saturated heterocycles. The molecule has 0 bridgehead atoms. The van der Waals surface area contributed by atoms with E-state index in [1.807, 2.05) is 0 Å². The highest BCUT2D eigenvalue weighted by Crippen LogP contribution is 2.39. The molecule has 112 valence electrons. The first kappa shape index (κ1) is 14.6. The van der Waals surface area contributed by atoms with Gasteiger partial charge >= 0.3 is 0 Å². The fourth-order valence-electron chi connectivity index (χ4n) is 3.47. The SMILES string of the molecule is CCCNC(c1cccc2ccccc12)C1(C)CCCO1. The average Bonchev–Trinajstić information content (AvgIpc) is 2.95. The second kappa shape index (κ2) is 6.17. The van der Waals surface area contributed by atoms with E-state index in [-0.39, 0.29) is 11.6 Å². The van der Waals surface area contributed by atoms with Crippen LogP contribution in [0.3, 0.4) is 0 Å². The number of fused-ring (bicyclic) bond motifs is 1. The van der Waals surface area contributed by atoms with E-state index in [1.165, 1.54) is 16.3 Å². The molecule has 0 aliphatic carbocycles. The van der Waals surface area contributed by atoms with E-state index >= 15 is 0 Å². The van der Waals surface area contributed by atoms with E-state index in [1.54, 1.807) is 0 Å². The molecule has 2 aromatic carbocycles. The summed E-state index contributed by atoms with van der Waals surface area (Å²) < 4.78 is 6.14. The summed E-state index contributed by atoms with van der Waals surface area (Å²) >= 11 is 0. The van der Waals surface area contributed by atoms with Gasteiger partial charge in [-0.05, 0) is 49.1 Å². The Morgan fingerprint density at radius 1 is 1.19 bits per heavy atom. The summed E-state index contributed by atoms with van der Waals surface area (Å²) in [6.07, 6.45) is 3.42. The lowest BCUT2D eigenvalue weighted by Gasteiger charge is -2.35. The van der Waals surface area contributed by atoms with Gasteiger partial charge in [-0.25, -0.2) is 0 Å². The average molecular weight is 283 g/mol. The molecule has 2 aromatic rings. The molecule has 1 N–H and O–H groups in total. The van der Waals surface area contributed by atoms with Gasteiger partial charge in [-0.1, -0.05) is 49.4 Å². The molecule has 3 rings (SSSR count). The zero-order valence-electron chi connectivity index (χ0n) is 13.1. The Bertz CT molecular complexity index is 596. The van der Waals surface area contributed by atoms with Crippen LogP contribution < -0.4 is 5.32 Å². The fourth-order valence-corrected chi connectivity index (χ4v) is 3.47. The molecule has 2 unspecified atom stereocenters. The molecule has 0 saturated carbocycles. The monoisotopic (exact) mass is 283 g/mol. The van der Waals surface area contributed by atoms with Crippen molar-refractivity contribution < 1.29 is 4.74 Å². The number of ether oxygens (including phenoxy) is 1. The normalized spacial score (nSPS) is 23.5. The summed E-state index contributed by atoms with van der Waals surface area (Å²) in [5.74, 6) is 0. The summed E-state index contributed by atoms with van der Waals surface area (Å²) in [7, 11) is 0. The molecule has 2 nitrogen and oxygen atoms in total. The Kier molecular flexibility index (Phi) is 4.27. The van der Waals surface area contributed by atoms with Gasteiger partial charge in [0, 0.05) is 6.61 Å². The van der Waals surface area contributed by atoms with E-state index in [2.05, 4.69) is 61.6 Å². The van der Waals surface area contributed by atoms with Crippen molar-refractivity contribution in [2.24, 2.45) is 0 Å². The Hall–Kier alpha value is -1.38. The number of nitrogens with one attached hydrogen (secondary N) is 1. The van der Waals surface area contributed by atoms with Crippen LogP contribution in [-0.4, -0.2) is 18.8 Å². The van der Waals surface area contributed by atoms with E-state index in [0.717, 1.165) is 32.4 Å². The number of hydrogen-bond acceptors (Lipinski definition) is 2. The van der Waals surface area contributed by atoms with Crippen LogP contribution in [0.15, 0.2) is 42.5 Å². The third kappa shape index (κ3) is 2.83. The van der Waals surface area contributed by atoms with Crippen molar-refractivity contribution >= 4 is 10.8 Å². The number of benzene rings is 2. The van der Waals surface area contributed by atoms with E-state index in [9.17, 15) is 0 Å². The van der Waals surface area contributed by atoms with Crippen molar-refractivity contribution in [3.63, 3.8) is 0 Å². The van der Waals surface area contributed by atoms with Crippen molar-refractivity contribution in [3.05, 3.63) is 48.0 Å². The highest BCUT2D eigenvalue weighted by atomic mass is 16.5. The van der Waals surface area contributed by atoms with Gasteiger partial charge < -0.3 is 10.1 Å². The van der Waals surface area contributed by atoms with Gasteiger partial charge in [0.1, 0.15) is 0 Å². The van der Waals surface area contributed by atoms with Crippen molar-refractivity contribution in [1.29, 1.82) is 0 Å². The minimum absolute atomic E-state index is 0.0979. The second-order valence-corrected chi connectivity index (χ2v) is 6.22. The van der Waals surface area contributed by atoms with E-state index in [4.69, 9.17) is 4.74 Å². The first-order valence-corrected chi connectivity index (χ1v) is 8.09. The largest absolute Gasteiger partial charge is 0.373 e. The van der Waals surface area contributed by atoms with E-state index in [0.29, 0.717) is 0 Å². The third-order valence-corrected chi connectivity index (χ3v) is 4.59. The Morgan fingerprint density at radius 3 is 2.76 bits per heavy atom. The minimum Gasteiger partial charge on any atom is -0.373 e. The molecule has 0 radical (unpaired) electrons. The maximum atomic E-state index is 6.14. The first-order valence-electron chi connectivity index (χ1n) is 8.09. The highest BCUT2D eigenvalue weighted by Gasteiger charge is 2.39. The van der Waals surface area contributed by atoms with Crippen molar-refractivity contribution in [2.45, 2.75) is 44.8 Å². The van der Waals surface area contributed by atoms with Crippen LogP contribution in [0.25, 0.3) is 10.8 Å². The lowest BCUT2D eigenvalue weighted by atomic mass is 9.85. The molecular formula is C19H25NO. The second-order valence-electron chi connectivity index (χ2n) is 6.22. The molecule has 21 heavy (non-hydrogen) atoms. The lowest BCUT2D eigenvalue weighted by Crippen LogP contribution is -2.41. The van der Waals surface area contributed by atoms with Gasteiger partial charge in [-0.2, -0.15) is 0 Å². The quantitative estimate of drug-likeness (QED) is 0.875. The Morgan fingerprint density at radius 2 is 2.00 bits per heavy atom. The standard InChI is InChI=1S/C19H25NO/c1-3-13-20-18(19(2)12-7-14-21-19)17-11-6-9-15-8-4-5-10-16(15)17/h4-6,8-11,18,20H,3,7,12-14H2,1-2H3. The molecule has 0 aromatic heterocycles. The third-order valence-electron chi connectivity index (χ3n) is 4.59. The Labute approximate surface area is 127 Å². The number of rotatable bonds is 5. The van der Waals surface area contributed by atoms with Gasteiger partial charge in [-0.3, -0.25) is 0 Å². The van der Waals surface area contributed by atoms with Crippen LogP contribution in [0.5, 0.6) is 0 Å². The van der Waals surface area contributed by atoms with Crippen molar-refractivity contribution in [1.82, 2.24) is 5.32 Å². The molecule has 0 amide bonds. The summed E-state index contributed by atoms with van der Waals surface area (Å²) in [5, 5.41) is 6.38. The van der Waals surface area contributed by atoms with Crippen LogP contribution in [0.2, 0.25) is 0 Å². The summed E-state index contributed by atoms with van der Waals surface area (Å²) in [6, 6.07) is 15.5.